The summed E-state index contributed by atoms with van der Waals surface area (Å²) < 4.78 is 1.05. The van der Waals surface area contributed by atoms with Crippen LogP contribution in [0.5, 0.6) is 0 Å². The Morgan fingerprint density at radius 2 is 1.86 bits per heavy atom. The minimum absolute atomic E-state index is 0.304. The average Bonchev–Trinajstić information content (AvgIpc) is 2.37. The number of benzene rings is 1. The number of halogens is 1. The van der Waals surface area contributed by atoms with Gasteiger partial charge in [-0.25, -0.2) is 0 Å². The number of hydrogen-bond acceptors (Lipinski definition) is 3. The maximum Gasteiger partial charge on any atom is 0.306 e. The van der Waals surface area contributed by atoms with Crippen molar-refractivity contribution in [3.63, 3.8) is 0 Å². The van der Waals surface area contributed by atoms with Crippen LogP contribution < -0.4 is 5.32 Å². The van der Waals surface area contributed by atoms with Crippen LogP contribution in [0.25, 0.3) is 0 Å². The lowest BCUT2D eigenvalue weighted by Crippen LogP contribution is -2.42. The first-order valence-electron chi connectivity index (χ1n) is 7.26. The predicted octanol–water partition coefficient (Wildman–Crippen LogP) is 3.48. The second kappa shape index (κ2) is 6.36. The highest BCUT2D eigenvalue weighted by Crippen LogP contribution is 2.33. The fourth-order valence-electron chi connectivity index (χ4n) is 3.02. The fourth-order valence-corrected chi connectivity index (χ4v) is 3.71. The smallest absolute Gasteiger partial charge is 0.306 e. The summed E-state index contributed by atoms with van der Waals surface area (Å²) in [4.78, 5) is 11.0. The van der Waals surface area contributed by atoms with E-state index in [4.69, 9.17) is 5.11 Å². The van der Waals surface area contributed by atoms with Crippen LogP contribution in [0.2, 0.25) is 0 Å². The highest BCUT2D eigenvalue weighted by atomic mass is 79.9. The van der Waals surface area contributed by atoms with Crippen LogP contribution in [0, 0.1) is 19.8 Å². The van der Waals surface area contributed by atoms with Crippen LogP contribution in [-0.2, 0) is 4.79 Å². The normalized spacial score (nSPS) is 25.6. The molecule has 0 radical (unpaired) electrons. The zero-order valence-electron chi connectivity index (χ0n) is 12.4. The molecule has 4 nitrogen and oxygen atoms in total. The lowest BCUT2D eigenvalue weighted by Gasteiger charge is -2.35. The van der Waals surface area contributed by atoms with Crippen molar-refractivity contribution in [3.8, 4) is 0 Å². The molecule has 1 saturated carbocycles. The SMILES string of the molecule is Cc1cc(Br)cc(C)c1NCC1(O)CCC(C(=O)O)CC1. The van der Waals surface area contributed by atoms with E-state index < -0.39 is 11.6 Å². The zero-order valence-corrected chi connectivity index (χ0v) is 14.0. The molecule has 1 aliphatic rings. The van der Waals surface area contributed by atoms with Crippen molar-refractivity contribution in [2.75, 3.05) is 11.9 Å². The topological polar surface area (TPSA) is 69.6 Å². The Kier molecular flexibility index (Phi) is 4.94. The quantitative estimate of drug-likeness (QED) is 0.773. The van der Waals surface area contributed by atoms with E-state index in [1.165, 1.54) is 0 Å². The monoisotopic (exact) mass is 355 g/mol. The maximum atomic E-state index is 11.0. The molecule has 0 atom stereocenters. The molecule has 1 fully saturated rings. The largest absolute Gasteiger partial charge is 0.481 e. The molecule has 1 aromatic rings. The molecule has 0 aliphatic heterocycles. The van der Waals surface area contributed by atoms with E-state index in [-0.39, 0.29) is 5.92 Å². The standard InChI is InChI=1S/C16H22BrNO3/c1-10-7-13(17)8-11(2)14(10)18-9-16(21)5-3-12(4-6-16)15(19)20/h7-8,12,18,21H,3-6,9H2,1-2H3,(H,19,20). The molecule has 116 valence electrons. The first-order chi connectivity index (χ1) is 9.81. The van der Waals surface area contributed by atoms with Crippen molar-refractivity contribution in [1.82, 2.24) is 0 Å². The molecule has 3 N–H and O–H groups in total. The van der Waals surface area contributed by atoms with E-state index >= 15 is 0 Å². The zero-order chi connectivity index (χ0) is 15.6. The van der Waals surface area contributed by atoms with Crippen molar-refractivity contribution < 1.29 is 15.0 Å². The molecule has 2 rings (SSSR count). The molecule has 0 heterocycles. The van der Waals surface area contributed by atoms with Crippen LogP contribution in [0.4, 0.5) is 5.69 Å². The van der Waals surface area contributed by atoms with Gasteiger partial charge in [-0.3, -0.25) is 4.79 Å². The molecule has 0 spiro atoms. The van der Waals surface area contributed by atoms with Gasteiger partial charge in [-0.2, -0.15) is 0 Å². The summed E-state index contributed by atoms with van der Waals surface area (Å²) in [6.07, 6.45) is 2.16. The van der Waals surface area contributed by atoms with Gasteiger partial charge in [0.15, 0.2) is 0 Å². The Labute approximate surface area is 133 Å². The lowest BCUT2D eigenvalue weighted by atomic mass is 9.78. The number of rotatable bonds is 4. The number of carbonyl (C=O) groups is 1. The first kappa shape index (κ1) is 16.3. The Bertz CT molecular complexity index is 513. The van der Waals surface area contributed by atoms with Gasteiger partial charge in [0.1, 0.15) is 0 Å². The summed E-state index contributed by atoms with van der Waals surface area (Å²) in [6.45, 7) is 4.53. The van der Waals surface area contributed by atoms with E-state index in [2.05, 4.69) is 21.2 Å². The number of aliphatic hydroxyl groups is 1. The van der Waals surface area contributed by atoms with Crippen LogP contribution >= 0.6 is 15.9 Å². The van der Waals surface area contributed by atoms with Crippen LogP contribution in [-0.4, -0.2) is 28.3 Å². The van der Waals surface area contributed by atoms with Crippen molar-refractivity contribution in [2.45, 2.75) is 45.1 Å². The van der Waals surface area contributed by atoms with Gasteiger partial charge in [-0.15, -0.1) is 0 Å². The third kappa shape index (κ3) is 3.98. The van der Waals surface area contributed by atoms with Gasteiger partial charge >= 0.3 is 5.97 Å². The molecular weight excluding hydrogens is 334 g/mol. The number of nitrogens with one attached hydrogen (secondary N) is 1. The van der Waals surface area contributed by atoms with Crippen molar-refractivity contribution in [2.24, 2.45) is 5.92 Å². The third-order valence-electron chi connectivity index (χ3n) is 4.36. The highest BCUT2D eigenvalue weighted by Gasteiger charge is 2.35. The molecule has 0 bridgehead atoms. The number of aryl methyl sites for hydroxylation is 2. The summed E-state index contributed by atoms with van der Waals surface area (Å²) >= 11 is 3.47. The van der Waals surface area contributed by atoms with Crippen LogP contribution in [0.15, 0.2) is 16.6 Å². The Balaban J connectivity index is 1.99. The van der Waals surface area contributed by atoms with Crippen molar-refractivity contribution in [1.29, 1.82) is 0 Å². The summed E-state index contributed by atoms with van der Waals surface area (Å²) in [7, 11) is 0. The molecule has 5 heteroatoms. The number of anilines is 1. The maximum absolute atomic E-state index is 11.0. The Hall–Kier alpha value is -1.07. The molecule has 1 aliphatic carbocycles. The van der Waals surface area contributed by atoms with Gasteiger partial charge in [-0.1, -0.05) is 15.9 Å². The lowest BCUT2D eigenvalue weighted by molar-refractivity contribution is -0.144. The Morgan fingerprint density at radius 1 is 1.33 bits per heavy atom. The minimum atomic E-state index is -0.808. The molecule has 0 aromatic heterocycles. The number of hydrogen-bond donors (Lipinski definition) is 3. The average molecular weight is 356 g/mol. The van der Waals surface area contributed by atoms with Gasteiger partial charge in [0.05, 0.1) is 11.5 Å². The summed E-state index contributed by atoms with van der Waals surface area (Å²) in [5, 5.41) is 23.0. The third-order valence-corrected chi connectivity index (χ3v) is 4.82. The van der Waals surface area contributed by atoms with Crippen LogP contribution in [0.3, 0.4) is 0 Å². The molecule has 0 unspecified atom stereocenters. The van der Waals surface area contributed by atoms with Gasteiger partial charge in [0, 0.05) is 16.7 Å². The molecule has 0 amide bonds. The Morgan fingerprint density at radius 3 is 2.33 bits per heavy atom. The second-order valence-corrected chi connectivity index (χ2v) is 7.02. The predicted molar refractivity (Wildman–Crippen MR) is 86.6 cm³/mol. The van der Waals surface area contributed by atoms with E-state index in [9.17, 15) is 9.90 Å². The van der Waals surface area contributed by atoms with Gasteiger partial charge in [-0.05, 0) is 62.8 Å². The fraction of sp³-hybridized carbons (Fsp3) is 0.562. The second-order valence-electron chi connectivity index (χ2n) is 6.10. The minimum Gasteiger partial charge on any atom is -0.481 e. The first-order valence-corrected chi connectivity index (χ1v) is 8.06. The van der Waals surface area contributed by atoms with Crippen LogP contribution in [0.1, 0.15) is 36.8 Å². The van der Waals surface area contributed by atoms with E-state index in [1.807, 2.05) is 26.0 Å². The highest BCUT2D eigenvalue weighted by molar-refractivity contribution is 9.10. The number of carboxylic acids is 1. The van der Waals surface area contributed by atoms with E-state index in [1.54, 1.807) is 0 Å². The van der Waals surface area contributed by atoms with E-state index in [0.717, 1.165) is 21.3 Å². The summed E-state index contributed by atoms with van der Waals surface area (Å²) in [5.74, 6) is -1.05. The molecular formula is C16H22BrNO3. The van der Waals surface area contributed by atoms with Crippen molar-refractivity contribution >= 4 is 27.6 Å². The van der Waals surface area contributed by atoms with Gasteiger partial charge in [0.2, 0.25) is 0 Å². The number of carboxylic acid groups (broad SMARTS) is 1. The van der Waals surface area contributed by atoms with Crippen molar-refractivity contribution in [3.05, 3.63) is 27.7 Å². The summed E-state index contributed by atoms with van der Waals surface area (Å²) in [5.41, 5.74) is 2.50. The number of aliphatic carboxylic acids is 1. The van der Waals surface area contributed by atoms with E-state index in [0.29, 0.717) is 32.2 Å². The molecule has 21 heavy (non-hydrogen) atoms. The van der Waals surface area contributed by atoms with Gasteiger partial charge in [0.25, 0.3) is 0 Å². The van der Waals surface area contributed by atoms with Gasteiger partial charge < -0.3 is 15.5 Å². The summed E-state index contributed by atoms with van der Waals surface area (Å²) in [6, 6.07) is 4.08. The molecule has 0 saturated heterocycles. The molecule has 1 aromatic carbocycles.